The molecule has 0 bridgehead atoms. The quantitative estimate of drug-likeness (QED) is 0.792. The largest absolute Gasteiger partial charge is 0.384 e. The van der Waals surface area contributed by atoms with Gasteiger partial charge in [-0.2, -0.15) is 0 Å². The van der Waals surface area contributed by atoms with Crippen LogP contribution in [0.4, 0.5) is 5.82 Å². The molecule has 1 amide bonds. The van der Waals surface area contributed by atoms with E-state index in [1.807, 2.05) is 10.8 Å². The van der Waals surface area contributed by atoms with Crippen LogP contribution in [0.25, 0.3) is 0 Å². The number of carbonyl (C=O) groups is 1. The molecule has 0 aromatic carbocycles. The number of pyridine rings is 1. The summed E-state index contributed by atoms with van der Waals surface area (Å²) in [6.07, 6.45) is 5.23. The van der Waals surface area contributed by atoms with E-state index in [1.54, 1.807) is 30.7 Å². The van der Waals surface area contributed by atoms with Crippen molar-refractivity contribution in [3.8, 4) is 0 Å². The van der Waals surface area contributed by atoms with E-state index in [0.717, 1.165) is 0 Å². The van der Waals surface area contributed by atoms with Crippen LogP contribution in [0.15, 0.2) is 36.9 Å². The number of nitrogen functional groups attached to an aromatic ring is 1. The first-order valence-electron chi connectivity index (χ1n) is 5.22. The number of hydrogen-bond acceptors (Lipinski definition) is 4. The highest BCUT2D eigenvalue weighted by Crippen LogP contribution is 1.99. The lowest BCUT2D eigenvalue weighted by atomic mass is 10.3. The number of aromatic nitrogens is 3. The highest BCUT2D eigenvalue weighted by atomic mass is 16.1. The number of rotatable bonds is 4. The molecule has 2 aromatic rings. The van der Waals surface area contributed by atoms with Gasteiger partial charge in [0.25, 0.3) is 5.91 Å². The van der Waals surface area contributed by atoms with Crippen LogP contribution in [0.3, 0.4) is 0 Å². The summed E-state index contributed by atoms with van der Waals surface area (Å²) in [6, 6.07) is 4.97. The first kappa shape index (κ1) is 11.1. The van der Waals surface area contributed by atoms with Gasteiger partial charge < -0.3 is 15.6 Å². The summed E-state index contributed by atoms with van der Waals surface area (Å²) in [5.41, 5.74) is 5.83. The number of amides is 1. The molecule has 2 rings (SSSR count). The van der Waals surface area contributed by atoms with Crippen molar-refractivity contribution in [2.24, 2.45) is 0 Å². The minimum Gasteiger partial charge on any atom is -0.384 e. The predicted octanol–water partition coefficient (Wildman–Crippen LogP) is 0.290. The normalized spacial score (nSPS) is 10.1. The van der Waals surface area contributed by atoms with Crippen molar-refractivity contribution in [2.75, 3.05) is 12.3 Å². The van der Waals surface area contributed by atoms with Gasteiger partial charge in [0.1, 0.15) is 11.5 Å². The second-order valence-corrected chi connectivity index (χ2v) is 3.50. The molecule has 0 atom stereocenters. The molecule has 2 aromatic heterocycles. The Labute approximate surface area is 98.5 Å². The molecular formula is C11H13N5O. The molecular weight excluding hydrogens is 218 g/mol. The van der Waals surface area contributed by atoms with Crippen LogP contribution in [-0.4, -0.2) is 27.0 Å². The van der Waals surface area contributed by atoms with Gasteiger partial charge in [-0.1, -0.05) is 6.07 Å². The van der Waals surface area contributed by atoms with Gasteiger partial charge in [0.2, 0.25) is 0 Å². The van der Waals surface area contributed by atoms with Crippen molar-refractivity contribution in [3.63, 3.8) is 0 Å². The molecule has 2 heterocycles. The topological polar surface area (TPSA) is 85.8 Å². The molecule has 0 unspecified atom stereocenters. The summed E-state index contributed by atoms with van der Waals surface area (Å²) in [5.74, 6) is 0.115. The maximum Gasteiger partial charge on any atom is 0.270 e. The maximum absolute atomic E-state index is 11.7. The number of imidazole rings is 1. The Bertz CT molecular complexity index is 494. The van der Waals surface area contributed by atoms with Gasteiger partial charge in [-0.3, -0.25) is 4.79 Å². The molecule has 0 aliphatic carbocycles. The van der Waals surface area contributed by atoms with Gasteiger partial charge in [0, 0.05) is 25.5 Å². The molecule has 0 saturated carbocycles. The highest BCUT2D eigenvalue weighted by Gasteiger charge is 2.05. The van der Waals surface area contributed by atoms with Gasteiger partial charge >= 0.3 is 0 Å². The van der Waals surface area contributed by atoms with Gasteiger partial charge in [-0.25, -0.2) is 9.97 Å². The summed E-state index contributed by atoms with van der Waals surface area (Å²) < 4.78 is 1.88. The molecule has 88 valence electrons. The standard InChI is InChI=1S/C11H13N5O/c12-10-3-1-2-9(15-10)11(17)14-5-7-16-6-4-13-8-16/h1-4,6,8H,5,7H2,(H2,12,15)(H,14,17). The van der Waals surface area contributed by atoms with Crippen LogP contribution < -0.4 is 11.1 Å². The predicted molar refractivity (Wildman–Crippen MR) is 63.2 cm³/mol. The van der Waals surface area contributed by atoms with Crippen molar-refractivity contribution in [1.29, 1.82) is 0 Å². The minimum atomic E-state index is -0.225. The van der Waals surface area contributed by atoms with Crippen molar-refractivity contribution < 1.29 is 4.79 Å². The van der Waals surface area contributed by atoms with E-state index in [4.69, 9.17) is 5.73 Å². The molecule has 0 spiro atoms. The Kier molecular flexibility index (Phi) is 3.34. The monoisotopic (exact) mass is 231 g/mol. The Morgan fingerprint density at radius 3 is 3.06 bits per heavy atom. The van der Waals surface area contributed by atoms with Gasteiger partial charge in [-0.05, 0) is 12.1 Å². The summed E-state index contributed by atoms with van der Waals surface area (Å²) in [6.45, 7) is 1.19. The fourth-order valence-electron chi connectivity index (χ4n) is 1.39. The maximum atomic E-state index is 11.7. The van der Waals surface area contributed by atoms with Crippen LogP contribution >= 0.6 is 0 Å². The minimum absolute atomic E-state index is 0.225. The molecule has 0 aliphatic rings. The Hall–Kier alpha value is -2.37. The zero-order valence-electron chi connectivity index (χ0n) is 9.21. The van der Waals surface area contributed by atoms with Crippen molar-refractivity contribution in [2.45, 2.75) is 6.54 Å². The highest BCUT2D eigenvalue weighted by molar-refractivity contribution is 5.92. The molecule has 0 saturated heterocycles. The number of hydrogen-bond donors (Lipinski definition) is 2. The Morgan fingerprint density at radius 2 is 2.35 bits per heavy atom. The average Bonchev–Trinajstić information content (AvgIpc) is 2.82. The zero-order chi connectivity index (χ0) is 12.1. The number of nitrogens with zero attached hydrogens (tertiary/aromatic N) is 3. The second-order valence-electron chi connectivity index (χ2n) is 3.50. The van der Waals surface area contributed by atoms with Gasteiger partial charge in [0.05, 0.1) is 6.33 Å². The van der Waals surface area contributed by atoms with E-state index < -0.39 is 0 Å². The van der Waals surface area contributed by atoms with E-state index in [0.29, 0.717) is 24.6 Å². The van der Waals surface area contributed by atoms with E-state index in [2.05, 4.69) is 15.3 Å². The summed E-state index contributed by atoms with van der Waals surface area (Å²) in [5, 5.41) is 2.76. The van der Waals surface area contributed by atoms with Crippen LogP contribution in [-0.2, 0) is 6.54 Å². The fraction of sp³-hybridized carbons (Fsp3) is 0.182. The van der Waals surface area contributed by atoms with E-state index in [-0.39, 0.29) is 5.91 Å². The number of nitrogens with one attached hydrogen (secondary N) is 1. The van der Waals surface area contributed by atoms with E-state index in [9.17, 15) is 4.79 Å². The first-order valence-corrected chi connectivity index (χ1v) is 5.22. The molecule has 3 N–H and O–H groups in total. The third-order valence-corrected chi connectivity index (χ3v) is 2.22. The van der Waals surface area contributed by atoms with Gasteiger partial charge in [0.15, 0.2) is 0 Å². The SMILES string of the molecule is Nc1cccc(C(=O)NCCn2ccnc2)n1. The fourth-order valence-corrected chi connectivity index (χ4v) is 1.39. The molecule has 6 heteroatoms. The van der Waals surface area contributed by atoms with Crippen LogP contribution in [0.5, 0.6) is 0 Å². The number of nitrogens with two attached hydrogens (primary N) is 1. The Morgan fingerprint density at radius 1 is 1.47 bits per heavy atom. The zero-order valence-corrected chi connectivity index (χ0v) is 9.21. The molecule has 17 heavy (non-hydrogen) atoms. The van der Waals surface area contributed by atoms with Gasteiger partial charge in [-0.15, -0.1) is 0 Å². The van der Waals surface area contributed by atoms with Crippen LogP contribution in [0.1, 0.15) is 10.5 Å². The molecule has 0 aliphatic heterocycles. The smallest absolute Gasteiger partial charge is 0.270 e. The second kappa shape index (κ2) is 5.11. The number of anilines is 1. The summed E-state index contributed by atoms with van der Waals surface area (Å²) in [4.78, 5) is 19.5. The summed E-state index contributed by atoms with van der Waals surface area (Å²) in [7, 11) is 0. The van der Waals surface area contributed by atoms with Crippen molar-refractivity contribution in [3.05, 3.63) is 42.6 Å². The summed E-state index contributed by atoms with van der Waals surface area (Å²) >= 11 is 0. The van der Waals surface area contributed by atoms with Crippen LogP contribution in [0.2, 0.25) is 0 Å². The third-order valence-electron chi connectivity index (χ3n) is 2.22. The third kappa shape index (κ3) is 3.04. The van der Waals surface area contributed by atoms with Crippen molar-refractivity contribution >= 4 is 11.7 Å². The number of carbonyl (C=O) groups excluding carboxylic acids is 1. The lowest BCUT2D eigenvalue weighted by Gasteiger charge is -2.05. The van der Waals surface area contributed by atoms with Crippen molar-refractivity contribution in [1.82, 2.24) is 19.9 Å². The molecule has 0 radical (unpaired) electrons. The molecule has 6 nitrogen and oxygen atoms in total. The molecule has 0 fully saturated rings. The average molecular weight is 231 g/mol. The Balaban J connectivity index is 1.85. The van der Waals surface area contributed by atoms with Crippen LogP contribution in [0, 0.1) is 0 Å². The lowest BCUT2D eigenvalue weighted by Crippen LogP contribution is -2.27. The lowest BCUT2D eigenvalue weighted by molar-refractivity contribution is 0.0947. The first-order chi connectivity index (χ1) is 8.25. The van der Waals surface area contributed by atoms with E-state index >= 15 is 0 Å². The van der Waals surface area contributed by atoms with E-state index in [1.165, 1.54) is 0 Å².